The van der Waals surface area contributed by atoms with Gasteiger partial charge in [0.15, 0.2) is 0 Å². The lowest BCUT2D eigenvalue weighted by molar-refractivity contribution is -0.274. The molecule has 3 aromatic rings. The average Bonchev–Trinajstić information content (AvgIpc) is 3.01. The van der Waals surface area contributed by atoms with E-state index in [1.807, 2.05) is 39.8 Å². The SMILES string of the molecule is CC1(C)OB(c2ccccc2NC(=O)c2ccc(Oc3ccc(OC(F)(F)F)cc3)nc2)OC1(C)C. The molecule has 2 aromatic carbocycles. The molecule has 1 N–H and O–H groups in total. The molecule has 1 aliphatic heterocycles. The summed E-state index contributed by atoms with van der Waals surface area (Å²) in [6.07, 6.45) is -3.44. The second kappa shape index (κ2) is 9.48. The van der Waals surface area contributed by atoms with Crippen LogP contribution in [0.2, 0.25) is 0 Å². The first-order valence-corrected chi connectivity index (χ1v) is 11.1. The Morgan fingerprint density at radius 3 is 2.11 bits per heavy atom. The number of hydrogen-bond acceptors (Lipinski definition) is 6. The predicted octanol–water partition coefficient (Wildman–Crippen LogP) is 5.32. The van der Waals surface area contributed by atoms with E-state index in [-0.39, 0.29) is 22.9 Å². The number of alkyl halides is 3. The smallest absolute Gasteiger partial charge is 0.439 e. The quantitative estimate of drug-likeness (QED) is 0.462. The predicted molar refractivity (Wildman–Crippen MR) is 128 cm³/mol. The number of hydrogen-bond donors (Lipinski definition) is 1. The number of amides is 1. The molecular weight excluding hydrogens is 476 g/mol. The van der Waals surface area contributed by atoms with Crippen molar-refractivity contribution in [2.24, 2.45) is 0 Å². The van der Waals surface area contributed by atoms with Gasteiger partial charge in [0.2, 0.25) is 5.88 Å². The normalized spacial score (nSPS) is 16.5. The van der Waals surface area contributed by atoms with E-state index in [1.54, 1.807) is 12.1 Å². The summed E-state index contributed by atoms with van der Waals surface area (Å²) in [5.74, 6) is -0.346. The Labute approximate surface area is 206 Å². The Morgan fingerprint density at radius 1 is 0.917 bits per heavy atom. The first-order chi connectivity index (χ1) is 16.8. The fourth-order valence-corrected chi connectivity index (χ4v) is 3.39. The standard InChI is InChI=1S/C25H24BF3N2O5/c1-23(2)24(3,4)36-26(35-23)19-7-5-6-8-20(19)31-22(32)16-9-14-21(30-15-16)33-17-10-12-18(13-11-17)34-25(27,28)29/h5-15H,1-4H3,(H,31,32). The van der Waals surface area contributed by atoms with Gasteiger partial charge in [-0.15, -0.1) is 13.2 Å². The summed E-state index contributed by atoms with van der Waals surface area (Å²) in [5, 5.41) is 2.87. The van der Waals surface area contributed by atoms with E-state index in [0.29, 0.717) is 11.2 Å². The van der Waals surface area contributed by atoms with Crippen LogP contribution in [0, 0.1) is 0 Å². The molecule has 1 amide bonds. The molecular formula is C25H24BF3N2O5. The summed E-state index contributed by atoms with van der Waals surface area (Å²) in [6.45, 7) is 7.81. The van der Waals surface area contributed by atoms with E-state index in [1.165, 1.54) is 30.5 Å². The lowest BCUT2D eigenvalue weighted by atomic mass is 9.78. The van der Waals surface area contributed by atoms with E-state index in [4.69, 9.17) is 14.0 Å². The second-order valence-electron chi connectivity index (χ2n) is 9.14. The van der Waals surface area contributed by atoms with E-state index in [2.05, 4.69) is 15.0 Å². The van der Waals surface area contributed by atoms with Crippen molar-refractivity contribution in [2.45, 2.75) is 45.3 Å². The van der Waals surface area contributed by atoms with Crippen LogP contribution in [0.3, 0.4) is 0 Å². The highest BCUT2D eigenvalue weighted by Crippen LogP contribution is 2.37. The molecule has 0 radical (unpaired) electrons. The van der Waals surface area contributed by atoms with Gasteiger partial charge in [0.1, 0.15) is 11.5 Å². The Hall–Kier alpha value is -3.57. The molecule has 4 rings (SSSR count). The fourth-order valence-electron chi connectivity index (χ4n) is 3.39. The van der Waals surface area contributed by atoms with Crippen molar-refractivity contribution in [2.75, 3.05) is 5.32 Å². The Balaban J connectivity index is 1.42. The van der Waals surface area contributed by atoms with Crippen molar-refractivity contribution in [1.29, 1.82) is 0 Å². The number of halogens is 3. The third kappa shape index (κ3) is 5.80. The first kappa shape index (κ1) is 25.5. The summed E-state index contributed by atoms with van der Waals surface area (Å²) in [7, 11) is -0.645. The molecule has 1 saturated heterocycles. The van der Waals surface area contributed by atoms with E-state index >= 15 is 0 Å². The van der Waals surface area contributed by atoms with Gasteiger partial charge in [0, 0.05) is 23.4 Å². The van der Waals surface area contributed by atoms with Crippen LogP contribution in [-0.2, 0) is 9.31 Å². The van der Waals surface area contributed by atoms with Crippen molar-refractivity contribution in [3.8, 4) is 17.4 Å². The molecule has 0 saturated carbocycles. The third-order valence-corrected chi connectivity index (χ3v) is 5.99. The van der Waals surface area contributed by atoms with E-state index in [9.17, 15) is 18.0 Å². The maximum atomic E-state index is 12.9. The van der Waals surface area contributed by atoms with Crippen molar-refractivity contribution in [3.05, 3.63) is 72.4 Å². The molecule has 1 aromatic heterocycles. The van der Waals surface area contributed by atoms with Gasteiger partial charge in [-0.05, 0) is 64.1 Å². The van der Waals surface area contributed by atoms with Gasteiger partial charge in [-0.1, -0.05) is 18.2 Å². The highest BCUT2D eigenvalue weighted by atomic mass is 19.4. The molecule has 36 heavy (non-hydrogen) atoms. The van der Waals surface area contributed by atoms with E-state index < -0.39 is 30.6 Å². The van der Waals surface area contributed by atoms with Gasteiger partial charge in [-0.3, -0.25) is 4.79 Å². The van der Waals surface area contributed by atoms with Crippen LogP contribution in [0.1, 0.15) is 38.1 Å². The minimum atomic E-state index is -4.77. The molecule has 7 nitrogen and oxygen atoms in total. The zero-order valence-corrected chi connectivity index (χ0v) is 20.1. The van der Waals surface area contributed by atoms with Gasteiger partial charge in [-0.25, -0.2) is 4.98 Å². The third-order valence-electron chi connectivity index (χ3n) is 5.99. The zero-order valence-electron chi connectivity index (χ0n) is 20.1. The minimum absolute atomic E-state index is 0.161. The maximum Gasteiger partial charge on any atom is 0.573 e. The summed E-state index contributed by atoms with van der Waals surface area (Å²) in [6, 6.07) is 15.1. The summed E-state index contributed by atoms with van der Waals surface area (Å²) in [5.41, 5.74) is 0.457. The number of carbonyl (C=O) groups is 1. The maximum absolute atomic E-state index is 12.9. The highest BCUT2D eigenvalue weighted by Gasteiger charge is 2.52. The van der Waals surface area contributed by atoms with Crippen molar-refractivity contribution in [3.63, 3.8) is 0 Å². The Bertz CT molecular complexity index is 1220. The molecule has 0 aliphatic carbocycles. The topological polar surface area (TPSA) is 78.9 Å². The number of aromatic nitrogens is 1. The van der Waals surface area contributed by atoms with Crippen LogP contribution in [-0.4, -0.2) is 35.6 Å². The molecule has 0 spiro atoms. The van der Waals surface area contributed by atoms with Gasteiger partial charge >= 0.3 is 13.5 Å². The summed E-state index contributed by atoms with van der Waals surface area (Å²) < 4.78 is 58.4. The monoisotopic (exact) mass is 500 g/mol. The van der Waals surface area contributed by atoms with Crippen LogP contribution >= 0.6 is 0 Å². The second-order valence-corrected chi connectivity index (χ2v) is 9.14. The summed E-state index contributed by atoms with van der Waals surface area (Å²) in [4.78, 5) is 17.0. The largest absolute Gasteiger partial charge is 0.573 e. The van der Waals surface area contributed by atoms with Crippen molar-refractivity contribution < 1.29 is 36.7 Å². The van der Waals surface area contributed by atoms with Crippen LogP contribution < -0.4 is 20.3 Å². The molecule has 0 unspecified atom stereocenters. The van der Waals surface area contributed by atoms with Crippen LogP contribution in [0.5, 0.6) is 17.4 Å². The number of benzene rings is 2. The molecule has 188 valence electrons. The molecule has 1 fully saturated rings. The number of nitrogens with zero attached hydrogens (tertiary/aromatic N) is 1. The summed E-state index contributed by atoms with van der Waals surface area (Å²) >= 11 is 0. The van der Waals surface area contributed by atoms with Crippen molar-refractivity contribution in [1.82, 2.24) is 4.98 Å². The Kier molecular flexibility index (Phi) is 6.72. The number of rotatable bonds is 6. The minimum Gasteiger partial charge on any atom is -0.439 e. The number of pyridine rings is 1. The number of para-hydroxylation sites is 1. The van der Waals surface area contributed by atoms with Crippen LogP contribution in [0.15, 0.2) is 66.9 Å². The van der Waals surface area contributed by atoms with Crippen LogP contribution in [0.25, 0.3) is 0 Å². The molecule has 2 heterocycles. The number of ether oxygens (including phenoxy) is 2. The molecule has 1 aliphatic rings. The van der Waals surface area contributed by atoms with E-state index in [0.717, 1.165) is 12.1 Å². The fraction of sp³-hybridized carbons (Fsp3) is 0.280. The number of anilines is 1. The lowest BCUT2D eigenvalue weighted by Crippen LogP contribution is -2.41. The average molecular weight is 500 g/mol. The molecule has 0 bridgehead atoms. The van der Waals surface area contributed by atoms with Gasteiger partial charge in [0.05, 0.1) is 16.8 Å². The van der Waals surface area contributed by atoms with Gasteiger partial charge < -0.3 is 24.1 Å². The first-order valence-electron chi connectivity index (χ1n) is 11.1. The number of nitrogens with one attached hydrogen (secondary N) is 1. The lowest BCUT2D eigenvalue weighted by Gasteiger charge is -2.32. The Morgan fingerprint density at radius 2 is 1.53 bits per heavy atom. The van der Waals surface area contributed by atoms with Gasteiger partial charge in [0.25, 0.3) is 5.91 Å². The zero-order chi connectivity index (χ0) is 26.1. The molecule has 0 atom stereocenters. The van der Waals surface area contributed by atoms with Crippen LogP contribution in [0.4, 0.5) is 18.9 Å². The van der Waals surface area contributed by atoms with Gasteiger partial charge in [-0.2, -0.15) is 0 Å². The molecule has 11 heteroatoms. The highest BCUT2D eigenvalue weighted by molar-refractivity contribution is 6.64. The van der Waals surface area contributed by atoms with Crippen molar-refractivity contribution >= 4 is 24.2 Å². The number of carbonyl (C=O) groups excluding carboxylic acids is 1.